The molecule has 1 aliphatic rings. The topological polar surface area (TPSA) is 34.1 Å². The van der Waals surface area contributed by atoms with Gasteiger partial charge in [-0.25, -0.2) is 0 Å². The van der Waals surface area contributed by atoms with Gasteiger partial charge in [-0.1, -0.05) is 27.7 Å². The van der Waals surface area contributed by atoms with Crippen molar-refractivity contribution >= 4 is 11.6 Å². The van der Waals surface area contributed by atoms with Gasteiger partial charge in [0.2, 0.25) is 0 Å². The molecule has 2 nitrogen and oxygen atoms in total. The van der Waals surface area contributed by atoms with Gasteiger partial charge >= 0.3 is 0 Å². The summed E-state index contributed by atoms with van der Waals surface area (Å²) in [7, 11) is 0. The smallest absolute Gasteiger partial charge is 0.165 e. The minimum absolute atomic E-state index is 0.0506. The van der Waals surface area contributed by atoms with Crippen LogP contribution in [0.25, 0.3) is 0 Å². The summed E-state index contributed by atoms with van der Waals surface area (Å²) in [6.45, 7) is 9.04. The zero-order chi connectivity index (χ0) is 10.4. The van der Waals surface area contributed by atoms with Crippen molar-refractivity contribution in [3.8, 4) is 0 Å². The van der Waals surface area contributed by atoms with E-state index in [4.69, 9.17) is 0 Å². The normalized spacial score (nSPS) is 25.8. The van der Waals surface area contributed by atoms with Crippen LogP contribution in [0.2, 0.25) is 0 Å². The molecule has 0 heterocycles. The highest BCUT2D eigenvalue weighted by atomic mass is 16.1. The molecule has 0 radical (unpaired) electrons. The summed E-state index contributed by atoms with van der Waals surface area (Å²) in [6.07, 6.45) is 1.47. The molecule has 0 atom stereocenters. The zero-order valence-electron chi connectivity index (χ0n) is 8.89. The van der Waals surface area contributed by atoms with E-state index < -0.39 is 10.8 Å². The largest absolute Gasteiger partial charge is 0.294 e. The number of allylic oxidation sites excluding steroid dienone is 2. The first-order chi connectivity index (χ1) is 5.71. The summed E-state index contributed by atoms with van der Waals surface area (Å²) < 4.78 is 0. The molecule has 0 amide bonds. The van der Waals surface area contributed by atoms with Crippen molar-refractivity contribution in [1.82, 2.24) is 0 Å². The second-order valence-corrected chi connectivity index (χ2v) is 4.77. The van der Waals surface area contributed by atoms with Gasteiger partial charge in [-0.05, 0) is 18.6 Å². The molecule has 0 aromatic heterocycles. The maximum atomic E-state index is 11.8. The molecule has 0 saturated heterocycles. The van der Waals surface area contributed by atoms with Gasteiger partial charge in [0.1, 0.15) is 0 Å². The summed E-state index contributed by atoms with van der Waals surface area (Å²) in [4.78, 5) is 23.4. The summed E-state index contributed by atoms with van der Waals surface area (Å²) in [5.41, 5.74) is -0.582. The highest BCUT2D eigenvalue weighted by Crippen LogP contribution is 2.44. The Morgan fingerprint density at radius 2 is 1.46 bits per heavy atom. The molecule has 0 aromatic rings. The highest BCUT2D eigenvalue weighted by Gasteiger charge is 2.50. The van der Waals surface area contributed by atoms with Gasteiger partial charge in [0.15, 0.2) is 11.6 Å². The van der Waals surface area contributed by atoms with Crippen LogP contribution in [-0.2, 0) is 9.59 Å². The maximum Gasteiger partial charge on any atom is 0.165 e. The van der Waals surface area contributed by atoms with Crippen LogP contribution < -0.4 is 0 Å². The zero-order valence-corrected chi connectivity index (χ0v) is 8.89. The van der Waals surface area contributed by atoms with Crippen LogP contribution in [0.3, 0.4) is 0 Å². The summed E-state index contributed by atoms with van der Waals surface area (Å²) in [5.74, 6) is 0.131. The van der Waals surface area contributed by atoms with Crippen LogP contribution in [0.1, 0.15) is 34.6 Å². The fourth-order valence-corrected chi connectivity index (χ4v) is 1.53. The van der Waals surface area contributed by atoms with Crippen LogP contribution >= 0.6 is 0 Å². The Morgan fingerprint density at radius 3 is 1.92 bits per heavy atom. The number of hydrogen-bond donors (Lipinski definition) is 0. The summed E-state index contributed by atoms with van der Waals surface area (Å²) >= 11 is 0. The lowest BCUT2D eigenvalue weighted by Gasteiger charge is -2.41. The lowest BCUT2D eigenvalue weighted by atomic mass is 9.59. The van der Waals surface area contributed by atoms with Crippen molar-refractivity contribution in [2.45, 2.75) is 34.6 Å². The molecule has 0 saturated carbocycles. The van der Waals surface area contributed by atoms with Gasteiger partial charge in [-0.2, -0.15) is 0 Å². The van der Waals surface area contributed by atoms with Gasteiger partial charge in [0.05, 0.1) is 0 Å². The van der Waals surface area contributed by atoms with E-state index in [1.807, 2.05) is 27.7 Å². The molecule has 0 unspecified atom stereocenters. The molecule has 0 N–H and O–H groups in total. The monoisotopic (exact) mass is 180 g/mol. The SMILES string of the molecule is CC1=CC(=O)C(C)(C)C(C)(C)C1=O. The first-order valence-corrected chi connectivity index (χ1v) is 4.49. The van der Waals surface area contributed by atoms with Crippen molar-refractivity contribution in [3.05, 3.63) is 11.6 Å². The number of carbonyl (C=O) groups is 2. The molecule has 0 aromatic carbocycles. The first-order valence-electron chi connectivity index (χ1n) is 4.49. The molecule has 72 valence electrons. The molecular formula is C11H16O2. The number of Topliss-reactive ketones (excluding diaryl/α,β-unsaturated/α-hetero) is 1. The van der Waals surface area contributed by atoms with Gasteiger partial charge in [-0.3, -0.25) is 9.59 Å². The van der Waals surface area contributed by atoms with Crippen molar-refractivity contribution in [2.24, 2.45) is 10.8 Å². The predicted molar refractivity (Wildman–Crippen MR) is 51.3 cm³/mol. The third-order valence-corrected chi connectivity index (χ3v) is 3.45. The molecule has 2 heteroatoms. The predicted octanol–water partition coefficient (Wildman–Crippen LogP) is 2.14. The Bertz CT molecular complexity index is 306. The Morgan fingerprint density at radius 1 is 1.00 bits per heavy atom. The molecule has 1 aliphatic carbocycles. The maximum absolute atomic E-state index is 11.8. The fourth-order valence-electron chi connectivity index (χ4n) is 1.53. The molecule has 0 bridgehead atoms. The van der Waals surface area contributed by atoms with Crippen LogP contribution in [0.15, 0.2) is 11.6 Å². The minimum atomic E-state index is -0.580. The Hall–Kier alpha value is -0.920. The Labute approximate surface area is 79.0 Å². The van der Waals surface area contributed by atoms with E-state index in [2.05, 4.69) is 0 Å². The van der Waals surface area contributed by atoms with Crippen LogP contribution in [-0.4, -0.2) is 11.6 Å². The quantitative estimate of drug-likeness (QED) is 0.572. The summed E-state index contributed by atoms with van der Waals surface area (Å²) in [5, 5.41) is 0. The van der Waals surface area contributed by atoms with Gasteiger partial charge in [-0.15, -0.1) is 0 Å². The lowest BCUT2D eigenvalue weighted by Crippen LogP contribution is -2.48. The average Bonchev–Trinajstić information content (AvgIpc) is 2.00. The molecular weight excluding hydrogens is 164 g/mol. The number of rotatable bonds is 0. The van der Waals surface area contributed by atoms with Crippen LogP contribution in [0.5, 0.6) is 0 Å². The second kappa shape index (κ2) is 2.53. The molecule has 0 spiro atoms. The Kier molecular flexibility index (Phi) is 1.98. The van der Waals surface area contributed by atoms with Gasteiger partial charge in [0.25, 0.3) is 0 Å². The van der Waals surface area contributed by atoms with Gasteiger partial charge < -0.3 is 0 Å². The van der Waals surface area contributed by atoms with E-state index in [9.17, 15) is 9.59 Å². The van der Waals surface area contributed by atoms with Crippen molar-refractivity contribution < 1.29 is 9.59 Å². The van der Waals surface area contributed by atoms with E-state index in [0.717, 1.165) is 0 Å². The number of ketones is 2. The van der Waals surface area contributed by atoms with E-state index in [-0.39, 0.29) is 11.6 Å². The van der Waals surface area contributed by atoms with E-state index in [1.54, 1.807) is 6.92 Å². The van der Waals surface area contributed by atoms with Crippen LogP contribution in [0.4, 0.5) is 0 Å². The number of hydrogen-bond acceptors (Lipinski definition) is 2. The second-order valence-electron chi connectivity index (χ2n) is 4.77. The average molecular weight is 180 g/mol. The van der Waals surface area contributed by atoms with E-state index in [0.29, 0.717) is 5.57 Å². The van der Waals surface area contributed by atoms with Crippen molar-refractivity contribution in [3.63, 3.8) is 0 Å². The van der Waals surface area contributed by atoms with Crippen molar-refractivity contribution in [1.29, 1.82) is 0 Å². The Balaban J connectivity index is 3.34. The fraction of sp³-hybridized carbons (Fsp3) is 0.636. The first kappa shape index (κ1) is 10.2. The van der Waals surface area contributed by atoms with E-state index in [1.165, 1.54) is 6.08 Å². The van der Waals surface area contributed by atoms with Crippen LogP contribution in [0, 0.1) is 10.8 Å². The molecule has 1 rings (SSSR count). The molecule has 0 fully saturated rings. The van der Waals surface area contributed by atoms with Gasteiger partial charge in [0, 0.05) is 10.8 Å². The highest BCUT2D eigenvalue weighted by molar-refractivity contribution is 6.13. The lowest BCUT2D eigenvalue weighted by molar-refractivity contribution is -0.141. The third-order valence-electron chi connectivity index (χ3n) is 3.45. The number of carbonyl (C=O) groups excluding carboxylic acids is 2. The standard InChI is InChI=1S/C11H16O2/c1-7-6-8(12)10(2,3)11(4,5)9(7)13/h6H,1-5H3. The minimum Gasteiger partial charge on any atom is -0.294 e. The molecule has 13 heavy (non-hydrogen) atoms. The molecule has 0 aliphatic heterocycles. The van der Waals surface area contributed by atoms with E-state index >= 15 is 0 Å². The van der Waals surface area contributed by atoms with Crippen molar-refractivity contribution in [2.75, 3.05) is 0 Å². The summed E-state index contributed by atoms with van der Waals surface area (Å²) in [6, 6.07) is 0. The third kappa shape index (κ3) is 1.16.